The van der Waals surface area contributed by atoms with Crippen molar-refractivity contribution in [1.29, 1.82) is 0 Å². The van der Waals surface area contributed by atoms with Gasteiger partial charge >= 0.3 is 6.18 Å². The summed E-state index contributed by atoms with van der Waals surface area (Å²) in [5.41, 5.74) is 0.0684. The van der Waals surface area contributed by atoms with Gasteiger partial charge in [-0.3, -0.25) is 9.59 Å². The molecule has 0 bridgehead atoms. The Kier molecular flexibility index (Phi) is 5.57. The van der Waals surface area contributed by atoms with E-state index in [0.717, 1.165) is 9.47 Å². The Bertz CT molecular complexity index is 550. The van der Waals surface area contributed by atoms with E-state index in [4.69, 9.17) is 0 Å². The second-order valence-corrected chi connectivity index (χ2v) is 5.41. The molecule has 1 heterocycles. The number of hydrogen-bond acceptors (Lipinski definition) is 2. The molecule has 1 amide bonds. The molecule has 1 rings (SSSR count). The summed E-state index contributed by atoms with van der Waals surface area (Å²) in [5, 5.41) is 0. The lowest BCUT2D eigenvalue weighted by Gasteiger charge is -2.26. The molecule has 1 aromatic rings. The van der Waals surface area contributed by atoms with E-state index in [1.807, 2.05) is 0 Å². The number of aryl methyl sites for hydroxylation is 1. The molecule has 0 unspecified atom stereocenters. The van der Waals surface area contributed by atoms with Crippen molar-refractivity contribution >= 4 is 5.91 Å². The van der Waals surface area contributed by atoms with Crippen LogP contribution >= 0.6 is 0 Å². The average molecular weight is 304 g/mol. The van der Waals surface area contributed by atoms with Crippen LogP contribution in [0.3, 0.4) is 0 Å². The molecule has 0 fully saturated rings. The number of halogens is 3. The van der Waals surface area contributed by atoms with Crippen LogP contribution in [0.2, 0.25) is 0 Å². The first-order valence-corrected chi connectivity index (χ1v) is 6.60. The monoisotopic (exact) mass is 304 g/mol. The fraction of sp³-hybridized carbons (Fsp3) is 0.571. The van der Waals surface area contributed by atoms with Gasteiger partial charge in [-0.1, -0.05) is 19.9 Å². The third-order valence-electron chi connectivity index (χ3n) is 2.82. The molecular weight excluding hydrogens is 285 g/mol. The van der Waals surface area contributed by atoms with Crippen LogP contribution in [0, 0.1) is 12.8 Å². The number of rotatable bonds is 5. The van der Waals surface area contributed by atoms with E-state index in [1.165, 1.54) is 6.20 Å². The summed E-state index contributed by atoms with van der Waals surface area (Å²) in [6.07, 6.45) is -3.06. The van der Waals surface area contributed by atoms with E-state index in [1.54, 1.807) is 32.9 Å². The van der Waals surface area contributed by atoms with Gasteiger partial charge in [0.1, 0.15) is 13.1 Å². The van der Waals surface area contributed by atoms with Gasteiger partial charge in [-0.15, -0.1) is 0 Å². The van der Waals surface area contributed by atoms with Crippen LogP contribution in [0.1, 0.15) is 19.4 Å². The maximum atomic E-state index is 12.5. The lowest BCUT2D eigenvalue weighted by atomic mass is 10.2. The number of alkyl halides is 3. The normalized spacial score (nSPS) is 11.8. The van der Waals surface area contributed by atoms with Crippen molar-refractivity contribution in [2.75, 3.05) is 13.1 Å². The molecule has 0 aromatic carbocycles. The number of aromatic nitrogens is 1. The predicted molar refractivity (Wildman–Crippen MR) is 72.9 cm³/mol. The van der Waals surface area contributed by atoms with Gasteiger partial charge in [0.15, 0.2) is 0 Å². The summed E-state index contributed by atoms with van der Waals surface area (Å²) in [6.45, 7) is 3.36. The maximum Gasteiger partial charge on any atom is 0.406 e. The lowest BCUT2D eigenvalue weighted by Crippen LogP contribution is -2.43. The minimum Gasteiger partial charge on any atom is -0.332 e. The highest BCUT2D eigenvalue weighted by molar-refractivity contribution is 5.76. The Balaban J connectivity index is 2.90. The van der Waals surface area contributed by atoms with Crippen molar-refractivity contribution in [2.45, 2.75) is 33.5 Å². The molecule has 0 aliphatic heterocycles. The summed E-state index contributed by atoms with van der Waals surface area (Å²) in [4.78, 5) is 24.6. The Morgan fingerprint density at radius 2 is 2.00 bits per heavy atom. The zero-order valence-electron chi connectivity index (χ0n) is 12.3. The molecule has 0 spiro atoms. The molecule has 118 valence electrons. The molecule has 7 heteroatoms. The predicted octanol–water partition coefficient (Wildman–Crippen LogP) is 2.20. The standard InChI is InChI=1S/C14H19F3N2O2/c1-10(2)7-19(9-14(15,16)17)12(20)8-18-6-4-5-11(3)13(18)21/h4-6,10H,7-9H2,1-3H3. The molecule has 0 saturated carbocycles. The van der Waals surface area contributed by atoms with Gasteiger partial charge in [0.2, 0.25) is 5.91 Å². The molecule has 0 atom stereocenters. The zero-order chi connectivity index (χ0) is 16.2. The van der Waals surface area contributed by atoms with Gasteiger partial charge in [-0.05, 0) is 18.9 Å². The number of pyridine rings is 1. The van der Waals surface area contributed by atoms with Crippen molar-refractivity contribution in [3.63, 3.8) is 0 Å². The highest BCUT2D eigenvalue weighted by Gasteiger charge is 2.33. The van der Waals surface area contributed by atoms with Gasteiger partial charge < -0.3 is 9.47 Å². The summed E-state index contributed by atoms with van der Waals surface area (Å²) in [6, 6.07) is 3.17. The quantitative estimate of drug-likeness (QED) is 0.837. The summed E-state index contributed by atoms with van der Waals surface area (Å²) in [7, 11) is 0. The van der Waals surface area contributed by atoms with E-state index >= 15 is 0 Å². The van der Waals surface area contributed by atoms with E-state index in [2.05, 4.69) is 0 Å². The first kappa shape index (κ1) is 17.3. The van der Waals surface area contributed by atoms with Gasteiger partial charge in [0.05, 0.1) is 0 Å². The Morgan fingerprint density at radius 1 is 1.38 bits per heavy atom. The molecular formula is C14H19F3N2O2. The van der Waals surface area contributed by atoms with E-state index in [-0.39, 0.29) is 24.6 Å². The smallest absolute Gasteiger partial charge is 0.332 e. The van der Waals surface area contributed by atoms with Crippen molar-refractivity contribution < 1.29 is 18.0 Å². The van der Waals surface area contributed by atoms with Crippen molar-refractivity contribution in [3.05, 3.63) is 34.2 Å². The molecule has 0 aliphatic carbocycles. The largest absolute Gasteiger partial charge is 0.406 e. The summed E-state index contributed by atoms with van der Waals surface area (Å²) >= 11 is 0. The third kappa shape index (κ3) is 5.61. The minimum absolute atomic E-state index is 0.00108. The van der Waals surface area contributed by atoms with Gasteiger partial charge in [-0.2, -0.15) is 13.2 Å². The van der Waals surface area contributed by atoms with Gasteiger partial charge in [0.25, 0.3) is 5.56 Å². The fourth-order valence-electron chi connectivity index (χ4n) is 1.94. The van der Waals surface area contributed by atoms with Gasteiger partial charge in [-0.25, -0.2) is 0 Å². The highest BCUT2D eigenvalue weighted by Crippen LogP contribution is 2.17. The SMILES string of the molecule is Cc1cccn(CC(=O)N(CC(C)C)CC(F)(F)F)c1=O. The lowest BCUT2D eigenvalue weighted by molar-refractivity contribution is -0.162. The molecule has 0 radical (unpaired) electrons. The second kappa shape index (κ2) is 6.78. The van der Waals surface area contributed by atoms with Crippen LogP contribution < -0.4 is 5.56 Å². The number of hydrogen-bond donors (Lipinski definition) is 0. The van der Waals surface area contributed by atoms with E-state index < -0.39 is 18.6 Å². The molecule has 0 aliphatic rings. The first-order valence-electron chi connectivity index (χ1n) is 6.60. The topological polar surface area (TPSA) is 42.3 Å². The second-order valence-electron chi connectivity index (χ2n) is 5.41. The van der Waals surface area contributed by atoms with Gasteiger partial charge in [0, 0.05) is 18.3 Å². The highest BCUT2D eigenvalue weighted by atomic mass is 19.4. The van der Waals surface area contributed by atoms with Crippen LogP contribution in [0.15, 0.2) is 23.1 Å². The molecule has 4 nitrogen and oxygen atoms in total. The number of nitrogens with zero attached hydrogens (tertiary/aromatic N) is 2. The zero-order valence-corrected chi connectivity index (χ0v) is 12.3. The molecule has 0 saturated heterocycles. The van der Waals surface area contributed by atoms with Crippen LogP contribution in [-0.4, -0.2) is 34.6 Å². The van der Waals surface area contributed by atoms with Crippen LogP contribution in [0.25, 0.3) is 0 Å². The molecule has 21 heavy (non-hydrogen) atoms. The van der Waals surface area contributed by atoms with Crippen molar-refractivity contribution in [3.8, 4) is 0 Å². The number of amides is 1. The fourth-order valence-corrected chi connectivity index (χ4v) is 1.94. The van der Waals surface area contributed by atoms with Crippen LogP contribution in [0.4, 0.5) is 13.2 Å². The van der Waals surface area contributed by atoms with Crippen molar-refractivity contribution in [1.82, 2.24) is 9.47 Å². The number of carbonyl (C=O) groups excluding carboxylic acids is 1. The molecule has 0 N–H and O–H groups in total. The van der Waals surface area contributed by atoms with Crippen LogP contribution in [0.5, 0.6) is 0 Å². The average Bonchev–Trinajstić information content (AvgIpc) is 2.31. The van der Waals surface area contributed by atoms with Crippen molar-refractivity contribution in [2.24, 2.45) is 5.92 Å². The third-order valence-corrected chi connectivity index (χ3v) is 2.82. The van der Waals surface area contributed by atoms with E-state index in [9.17, 15) is 22.8 Å². The maximum absolute atomic E-state index is 12.5. The Hall–Kier alpha value is -1.79. The molecule has 1 aromatic heterocycles. The summed E-state index contributed by atoms with van der Waals surface area (Å²) < 4.78 is 38.7. The van der Waals surface area contributed by atoms with E-state index in [0.29, 0.717) is 5.56 Å². The Labute approximate surface area is 121 Å². The summed E-state index contributed by atoms with van der Waals surface area (Å²) in [5.74, 6) is -0.806. The minimum atomic E-state index is -4.46. The number of carbonyl (C=O) groups is 1. The first-order chi connectivity index (χ1) is 9.60. The van der Waals surface area contributed by atoms with Crippen LogP contribution in [-0.2, 0) is 11.3 Å². The Morgan fingerprint density at radius 3 is 2.52 bits per heavy atom.